The van der Waals surface area contributed by atoms with Gasteiger partial charge >= 0.3 is 6.36 Å². The van der Waals surface area contributed by atoms with Gasteiger partial charge in [0, 0.05) is 4.47 Å². The van der Waals surface area contributed by atoms with E-state index in [0.29, 0.717) is 4.47 Å². The zero-order valence-corrected chi connectivity index (χ0v) is 9.70. The van der Waals surface area contributed by atoms with Crippen LogP contribution in [0.5, 0.6) is 5.75 Å². The average Bonchev–Trinajstić information content (AvgIpc) is 2.04. The lowest BCUT2D eigenvalue weighted by Crippen LogP contribution is -2.18. The molecule has 0 aromatic heterocycles. The van der Waals surface area contributed by atoms with Crippen molar-refractivity contribution in [1.29, 1.82) is 0 Å². The molecule has 2 N–H and O–H groups in total. The lowest BCUT2D eigenvalue weighted by atomic mass is 10.3. The Labute approximate surface area is 94.5 Å². The number of hydrogen-bond acceptors (Lipinski definition) is 2. The molecule has 0 radical (unpaired) electrons. The highest BCUT2D eigenvalue weighted by molar-refractivity contribution is 9.11. The van der Waals surface area contributed by atoms with Crippen molar-refractivity contribution in [2.75, 3.05) is 5.73 Å². The first kappa shape index (κ1) is 11.6. The van der Waals surface area contributed by atoms with Crippen molar-refractivity contribution in [2.24, 2.45) is 0 Å². The first-order valence-electron chi connectivity index (χ1n) is 3.30. The minimum absolute atomic E-state index is 0.100. The van der Waals surface area contributed by atoms with Crippen molar-refractivity contribution in [3.63, 3.8) is 0 Å². The number of anilines is 1. The third kappa shape index (κ3) is 2.78. The maximum Gasteiger partial charge on any atom is 0.573 e. The van der Waals surface area contributed by atoms with E-state index >= 15 is 0 Å². The largest absolute Gasteiger partial charge is 0.573 e. The molecule has 0 bridgehead atoms. The Hall–Kier alpha value is -0.430. The van der Waals surface area contributed by atoms with E-state index in [1.807, 2.05) is 0 Å². The van der Waals surface area contributed by atoms with Crippen LogP contribution in [0, 0.1) is 0 Å². The maximum atomic E-state index is 11.9. The number of alkyl halides is 3. The third-order valence-electron chi connectivity index (χ3n) is 1.31. The highest BCUT2D eigenvalue weighted by atomic mass is 79.9. The molecule has 0 aliphatic heterocycles. The zero-order valence-electron chi connectivity index (χ0n) is 6.53. The van der Waals surface area contributed by atoms with Gasteiger partial charge in [0.05, 0.1) is 10.2 Å². The Morgan fingerprint density at radius 3 is 2.14 bits per heavy atom. The van der Waals surface area contributed by atoms with Crippen molar-refractivity contribution in [2.45, 2.75) is 6.36 Å². The molecule has 78 valence electrons. The van der Waals surface area contributed by atoms with Gasteiger partial charge in [0.15, 0.2) is 5.75 Å². The topological polar surface area (TPSA) is 35.2 Å². The minimum atomic E-state index is -4.75. The summed E-state index contributed by atoms with van der Waals surface area (Å²) < 4.78 is 40.0. The summed E-state index contributed by atoms with van der Waals surface area (Å²) in [6.45, 7) is 0. The lowest BCUT2D eigenvalue weighted by Gasteiger charge is -2.13. The number of benzene rings is 1. The smallest absolute Gasteiger partial charge is 0.402 e. The molecule has 0 atom stereocenters. The van der Waals surface area contributed by atoms with Gasteiger partial charge in [-0.25, -0.2) is 0 Å². The molecule has 0 saturated heterocycles. The number of nitrogens with two attached hydrogens (primary N) is 1. The van der Waals surface area contributed by atoms with Crippen molar-refractivity contribution in [1.82, 2.24) is 0 Å². The summed E-state index contributed by atoms with van der Waals surface area (Å²) in [5, 5.41) is 0. The van der Waals surface area contributed by atoms with Gasteiger partial charge in [0.1, 0.15) is 0 Å². The molecule has 0 heterocycles. The minimum Gasteiger partial charge on any atom is -0.402 e. The van der Waals surface area contributed by atoms with Gasteiger partial charge in [-0.05, 0) is 44.0 Å². The second kappa shape index (κ2) is 3.98. The lowest BCUT2D eigenvalue weighted by molar-refractivity contribution is -0.274. The molecule has 0 aliphatic rings. The SMILES string of the molecule is Nc1c(Br)ccc(Br)c1OC(F)(F)F. The molecule has 1 aromatic rings. The van der Waals surface area contributed by atoms with Crippen molar-refractivity contribution in [3.8, 4) is 5.75 Å². The molecule has 0 amide bonds. The summed E-state index contributed by atoms with van der Waals surface area (Å²) in [5.41, 5.74) is 5.29. The van der Waals surface area contributed by atoms with Gasteiger partial charge < -0.3 is 10.5 Å². The van der Waals surface area contributed by atoms with Crippen LogP contribution < -0.4 is 10.5 Å². The highest BCUT2D eigenvalue weighted by Gasteiger charge is 2.33. The van der Waals surface area contributed by atoms with Crippen LogP contribution in [0.4, 0.5) is 18.9 Å². The molecule has 1 aromatic carbocycles. The number of halogens is 5. The van der Waals surface area contributed by atoms with Crippen LogP contribution in [-0.4, -0.2) is 6.36 Å². The van der Waals surface area contributed by atoms with Crippen LogP contribution in [0.25, 0.3) is 0 Å². The number of ether oxygens (including phenoxy) is 1. The van der Waals surface area contributed by atoms with Crippen LogP contribution >= 0.6 is 31.9 Å². The summed E-state index contributed by atoms with van der Waals surface area (Å²) in [6.07, 6.45) is -4.75. The van der Waals surface area contributed by atoms with Gasteiger partial charge in [-0.15, -0.1) is 13.2 Å². The Morgan fingerprint density at radius 2 is 1.64 bits per heavy atom. The van der Waals surface area contributed by atoms with Gasteiger partial charge in [0.2, 0.25) is 0 Å². The van der Waals surface area contributed by atoms with Crippen molar-refractivity contribution < 1.29 is 17.9 Å². The second-order valence-corrected chi connectivity index (χ2v) is 4.03. The number of rotatable bonds is 1. The Morgan fingerprint density at radius 1 is 1.14 bits per heavy atom. The Balaban J connectivity index is 3.13. The fourth-order valence-corrected chi connectivity index (χ4v) is 1.51. The average molecular weight is 335 g/mol. The molecule has 1 rings (SSSR count). The second-order valence-electron chi connectivity index (χ2n) is 2.32. The van der Waals surface area contributed by atoms with Crippen molar-refractivity contribution >= 4 is 37.5 Å². The molecule has 0 unspecified atom stereocenters. The number of nitrogen functional groups attached to an aromatic ring is 1. The van der Waals surface area contributed by atoms with E-state index in [4.69, 9.17) is 5.73 Å². The normalized spacial score (nSPS) is 11.5. The molecule has 0 fully saturated rings. The van der Waals surface area contributed by atoms with Crippen LogP contribution in [0.3, 0.4) is 0 Å². The highest BCUT2D eigenvalue weighted by Crippen LogP contribution is 2.39. The van der Waals surface area contributed by atoms with E-state index in [0.717, 1.165) is 0 Å². The van der Waals surface area contributed by atoms with Gasteiger partial charge in [-0.3, -0.25) is 0 Å². The van der Waals surface area contributed by atoms with E-state index in [9.17, 15) is 13.2 Å². The predicted molar refractivity (Wildman–Crippen MR) is 52.9 cm³/mol. The first-order valence-corrected chi connectivity index (χ1v) is 4.89. The van der Waals surface area contributed by atoms with Crippen LogP contribution in [0.2, 0.25) is 0 Å². The van der Waals surface area contributed by atoms with Gasteiger partial charge in [-0.2, -0.15) is 0 Å². The Bertz CT molecular complexity index is 354. The fraction of sp³-hybridized carbons (Fsp3) is 0.143. The summed E-state index contributed by atoms with van der Waals surface area (Å²) >= 11 is 5.90. The molecule has 0 spiro atoms. The third-order valence-corrected chi connectivity index (χ3v) is 2.63. The monoisotopic (exact) mass is 333 g/mol. The van der Waals surface area contributed by atoms with E-state index in [2.05, 4.69) is 36.6 Å². The van der Waals surface area contributed by atoms with Gasteiger partial charge in [-0.1, -0.05) is 0 Å². The predicted octanol–water partition coefficient (Wildman–Crippen LogP) is 3.69. The molecule has 7 heteroatoms. The van der Waals surface area contributed by atoms with Crippen molar-refractivity contribution in [3.05, 3.63) is 21.1 Å². The number of hydrogen-bond donors (Lipinski definition) is 1. The molecule has 0 saturated carbocycles. The van der Waals surface area contributed by atoms with E-state index in [1.165, 1.54) is 12.1 Å². The summed E-state index contributed by atoms with van der Waals surface area (Å²) in [7, 11) is 0. The van der Waals surface area contributed by atoms with Crippen LogP contribution in [0.1, 0.15) is 0 Å². The van der Waals surface area contributed by atoms with Crippen LogP contribution in [-0.2, 0) is 0 Å². The van der Waals surface area contributed by atoms with E-state index < -0.39 is 12.1 Å². The quantitative estimate of drug-likeness (QED) is 0.795. The Kier molecular flexibility index (Phi) is 3.31. The molecule has 2 nitrogen and oxygen atoms in total. The summed E-state index contributed by atoms with van der Waals surface area (Å²) in [5.74, 6) is -0.438. The van der Waals surface area contributed by atoms with Gasteiger partial charge in [0.25, 0.3) is 0 Å². The van der Waals surface area contributed by atoms with E-state index in [-0.39, 0.29) is 10.2 Å². The summed E-state index contributed by atoms with van der Waals surface area (Å²) in [4.78, 5) is 0. The fourth-order valence-electron chi connectivity index (χ4n) is 0.768. The van der Waals surface area contributed by atoms with E-state index in [1.54, 1.807) is 0 Å². The molecular formula is C7H4Br2F3NO. The molecule has 0 aliphatic carbocycles. The molecular weight excluding hydrogens is 331 g/mol. The maximum absolute atomic E-state index is 11.9. The van der Waals surface area contributed by atoms with Crippen LogP contribution in [0.15, 0.2) is 21.1 Å². The standard InChI is InChI=1S/C7H4Br2F3NO/c8-3-1-2-4(9)6(5(3)13)14-7(10,11)12/h1-2H,13H2. The first-order chi connectivity index (χ1) is 6.31. The zero-order chi connectivity index (χ0) is 10.9. The molecule has 14 heavy (non-hydrogen) atoms. The summed E-state index contributed by atoms with van der Waals surface area (Å²) in [6, 6.07) is 2.92.